The van der Waals surface area contributed by atoms with Gasteiger partial charge in [0.15, 0.2) is 0 Å². The molecule has 1 N–H and O–H groups in total. The third-order valence-electron chi connectivity index (χ3n) is 2.28. The molecule has 0 fully saturated rings. The maximum Gasteiger partial charge on any atom is 0.256 e. The minimum absolute atomic E-state index is 0.170. The highest BCUT2D eigenvalue weighted by atomic mass is 79.9. The molecule has 1 amide bonds. The number of benzene rings is 2. The van der Waals surface area contributed by atoms with Crippen LogP contribution in [0.1, 0.15) is 10.4 Å². The molecular formula is C13H8Br2ClNO. The van der Waals surface area contributed by atoms with Gasteiger partial charge in [-0.15, -0.1) is 0 Å². The molecule has 92 valence electrons. The quantitative estimate of drug-likeness (QED) is 0.759. The van der Waals surface area contributed by atoms with Crippen molar-refractivity contribution in [3.05, 3.63) is 62.0 Å². The number of carbonyl (C=O) groups is 1. The largest absolute Gasteiger partial charge is 0.322 e. The number of amides is 1. The summed E-state index contributed by atoms with van der Waals surface area (Å²) in [5.41, 5.74) is 1.28. The molecule has 0 radical (unpaired) electrons. The van der Waals surface area contributed by atoms with Gasteiger partial charge in [-0.2, -0.15) is 0 Å². The second-order valence-corrected chi connectivity index (χ2v) is 5.79. The van der Waals surface area contributed by atoms with Gasteiger partial charge in [-0.3, -0.25) is 4.79 Å². The molecule has 2 aromatic rings. The lowest BCUT2D eigenvalue weighted by Crippen LogP contribution is -2.12. The molecule has 2 nitrogen and oxygen atoms in total. The van der Waals surface area contributed by atoms with Gasteiger partial charge in [-0.05, 0) is 58.4 Å². The average molecular weight is 389 g/mol. The predicted molar refractivity (Wildman–Crippen MR) is 81.2 cm³/mol. The minimum Gasteiger partial charge on any atom is -0.322 e. The maximum atomic E-state index is 12.0. The van der Waals surface area contributed by atoms with Crippen LogP contribution in [0.2, 0.25) is 5.02 Å². The molecule has 5 heteroatoms. The highest BCUT2D eigenvalue weighted by Gasteiger charge is 2.10. The van der Waals surface area contributed by atoms with E-state index in [4.69, 9.17) is 11.6 Å². The second kappa shape index (κ2) is 5.87. The van der Waals surface area contributed by atoms with Crippen molar-refractivity contribution in [2.45, 2.75) is 0 Å². The topological polar surface area (TPSA) is 29.1 Å². The Morgan fingerprint density at radius 3 is 2.33 bits per heavy atom. The summed E-state index contributed by atoms with van der Waals surface area (Å²) in [7, 11) is 0. The summed E-state index contributed by atoms with van der Waals surface area (Å²) < 4.78 is 1.65. The van der Waals surface area contributed by atoms with E-state index in [1.165, 1.54) is 0 Å². The number of carbonyl (C=O) groups excluding carboxylic acids is 1. The van der Waals surface area contributed by atoms with Gasteiger partial charge in [-0.25, -0.2) is 0 Å². The first-order valence-electron chi connectivity index (χ1n) is 5.08. The van der Waals surface area contributed by atoms with Gasteiger partial charge >= 0.3 is 0 Å². The van der Waals surface area contributed by atoms with Gasteiger partial charge < -0.3 is 5.32 Å². The number of hydrogen-bond donors (Lipinski definition) is 1. The van der Waals surface area contributed by atoms with E-state index in [0.29, 0.717) is 16.3 Å². The van der Waals surface area contributed by atoms with Crippen molar-refractivity contribution in [3.8, 4) is 0 Å². The van der Waals surface area contributed by atoms with E-state index in [2.05, 4.69) is 37.2 Å². The lowest BCUT2D eigenvalue weighted by Gasteiger charge is -2.07. The van der Waals surface area contributed by atoms with Crippen molar-refractivity contribution in [2.75, 3.05) is 5.32 Å². The molecule has 0 atom stereocenters. The molecule has 0 bridgehead atoms. The van der Waals surface area contributed by atoms with E-state index >= 15 is 0 Å². The number of anilines is 1. The van der Waals surface area contributed by atoms with Gasteiger partial charge in [-0.1, -0.05) is 27.5 Å². The number of hydrogen-bond acceptors (Lipinski definition) is 1. The monoisotopic (exact) mass is 387 g/mol. The van der Waals surface area contributed by atoms with Crippen LogP contribution in [0.3, 0.4) is 0 Å². The van der Waals surface area contributed by atoms with Crippen LogP contribution in [-0.2, 0) is 0 Å². The molecule has 0 aromatic heterocycles. The molecule has 0 saturated carbocycles. The smallest absolute Gasteiger partial charge is 0.256 e. The van der Waals surface area contributed by atoms with E-state index in [1.807, 2.05) is 12.1 Å². The predicted octanol–water partition coefficient (Wildman–Crippen LogP) is 5.12. The van der Waals surface area contributed by atoms with Crippen LogP contribution < -0.4 is 5.32 Å². The van der Waals surface area contributed by atoms with E-state index in [1.54, 1.807) is 30.3 Å². The molecule has 0 heterocycles. The van der Waals surface area contributed by atoms with Crippen LogP contribution in [0.4, 0.5) is 5.69 Å². The zero-order valence-electron chi connectivity index (χ0n) is 9.08. The molecule has 2 aromatic carbocycles. The number of nitrogens with one attached hydrogen (secondary N) is 1. The highest BCUT2D eigenvalue weighted by molar-refractivity contribution is 9.11. The molecule has 0 spiro atoms. The van der Waals surface area contributed by atoms with E-state index in [-0.39, 0.29) is 5.91 Å². The van der Waals surface area contributed by atoms with Crippen LogP contribution >= 0.6 is 43.5 Å². The Labute approximate surface area is 127 Å². The summed E-state index contributed by atoms with van der Waals surface area (Å²) >= 11 is 12.5. The Balaban J connectivity index is 2.19. The summed E-state index contributed by atoms with van der Waals surface area (Å²) in [6.45, 7) is 0. The van der Waals surface area contributed by atoms with Crippen molar-refractivity contribution in [1.82, 2.24) is 0 Å². The van der Waals surface area contributed by atoms with Crippen molar-refractivity contribution < 1.29 is 4.79 Å². The molecule has 0 saturated heterocycles. The van der Waals surface area contributed by atoms with Crippen molar-refractivity contribution >= 4 is 55.1 Å². The van der Waals surface area contributed by atoms with Gasteiger partial charge in [0.1, 0.15) is 0 Å². The van der Waals surface area contributed by atoms with Gasteiger partial charge in [0.05, 0.1) is 5.56 Å². The molecule has 0 aliphatic heterocycles. The SMILES string of the molecule is O=C(Nc1ccc(Cl)cc1)c1ccc(Br)cc1Br. The fourth-order valence-electron chi connectivity index (χ4n) is 1.41. The molecule has 2 rings (SSSR count). The van der Waals surface area contributed by atoms with Crippen molar-refractivity contribution in [2.24, 2.45) is 0 Å². The Morgan fingerprint density at radius 1 is 1.06 bits per heavy atom. The van der Waals surface area contributed by atoms with E-state index in [0.717, 1.165) is 8.95 Å². The molecule has 18 heavy (non-hydrogen) atoms. The molecule has 0 aliphatic rings. The van der Waals surface area contributed by atoms with Crippen LogP contribution in [0.5, 0.6) is 0 Å². The first-order chi connectivity index (χ1) is 8.56. The first kappa shape index (κ1) is 13.6. The Hall–Kier alpha value is -0.840. The lowest BCUT2D eigenvalue weighted by molar-refractivity contribution is 0.102. The first-order valence-corrected chi connectivity index (χ1v) is 7.04. The third kappa shape index (κ3) is 3.34. The van der Waals surface area contributed by atoms with Crippen LogP contribution in [0, 0.1) is 0 Å². The second-order valence-electron chi connectivity index (χ2n) is 3.59. The summed E-state index contributed by atoms with van der Waals surface area (Å²) in [5.74, 6) is -0.170. The Bertz CT molecular complexity index is 584. The van der Waals surface area contributed by atoms with E-state index in [9.17, 15) is 4.79 Å². The summed E-state index contributed by atoms with van der Waals surface area (Å²) in [5, 5.41) is 3.44. The zero-order valence-corrected chi connectivity index (χ0v) is 13.0. The fraction of sp³-hybridized carbons (Fsp3) is 0. The van der Waals surface area contributed by atoms with Crippen LogP contribution in [0.25, 0.3) is 0 Å². The molecular weight excluding hydrogens is 381 g/mol. The summed E-state index contributed by atoms with van der Waals surface area (Å²) in [6.07, 6.45) is 0. The summed E-state index contributed by atoms with van der Waals surface area (Å²) in [4.78, 5) is 12.0. The molecule has 0 unspecified atom stereocenters. The minimum atomic E-state index is -0.170. The lowest BCUT2D eigenvalue weighted by atomic mass is 10.2. The fourth-order valence-corrected chi connectivity index (χ4v) is 2.76. The van der Waals surface area contributed by atoms with Crippen molar-refractivity contribution in [3.63, 3.8) is 0 Å². The Morgan fingerprint density at radius 2 is 1.72 bits per heavy atom. The van der Waals surface area contributed by atoms with Crippen molar-refractivity contribution in [1.29, 1.82) is 0 Å². The van der Waals surface area contributed by atoms with E-state index < -0.39 is 0 Å². The molecule has 0 aliphatic carbocycles. The standard InChI is InChI=1S/C13H8Br2ClNO/c14-8-1-6-11(12(15)7-8)13(18)17-10-4-2-9(16)3-5-10/h1-7H,(H,17,18). The van der Waals surface area contributed by atoms with Gasteiger partial charge in [0.2, 0.25) is 0 Å². The maximum absolute atomic E-state index is 12.0. The highest BCUT2D eigenvalue weighted by Crippen LogP contribution is 2.23. The zero-order chi connectivity index (χ0) is 13.1. The van der Waals surface area contributed by atoms with Gasteiger partial charge in [0.25, 0.3) is 5.91 Å². The Kier molecular flexibility index (Phi) is 4.43. The summed E-state index contributed by atoms with van der Waals surface area (Å²) in [6, 6.07) is 12.4. The number of rotatable bonds is 2. The normalized spacial score (nSPS) is 10.2. The third-order valence-corrected chi connectivity index (χ3v) is 3.68. The van der Waals surface area contributed by atoms with Crippen LogP contribution in [0.15, 0.2) is 51.4 Å². The average Bonchev–Trinajstić information content (AvgIpc) is 2.32. The van der Waals surface area contributed by atoms with Gasteiger partial charge in [0, 0.05) is 19.7 Å². The number of halogens is 3. The van der Waals surface area contributed by atoms with Crippen LogP contribution in [-0.4, -0.2) is 5.91 Å².